The third kappa shape index (κ3) is 2.80. The van der Waals surface area contributed by atoms with Gasteiger partial charge in [0.15, 0.2) is 11.4 Å². The summed E-state index contributed by atoms with van der Waals surface area (Å²) in [6, 6.07) is 11.7. The van der Waals surface area contributed by atoms with Crippen molar-refractivity contribution in [2.45, 2.75) is 19.4 Å². The first kappa shape index (κ1) is 18.1. The van der Waals surface area contributed by atoms with E-state index in [0.29, 0.717) is 28.4 Å². The van der Waals surface area contributed by atoms with Gasteiger partial charge in [-0.1, -0.05) is 34.5 Å². The second-order valence-corrected chi connectivity index (χ2v) is 7.42. The molecular formula is C19H17BrClNO3. The predicted octanol–water partition coefficient (Wildman–Crippen LogP) is 4.18. The Balaban J connectivity index is 2.08. The van der Waals surface area contributed by atoms with E-state index >= 15 is 0 Å². The van der Waals surface area contributed by atoms with Gasteiger partial charge in [-0.3, -0.25) is 9.59 Å². The highest BCUT2D eigenvalue weighted by Gasteiger charge is 2.55. The van der Waals surface area contributed by atoms with Crippen LogP contribution in [0.25, 0.3) is 0 Å². The van der Waals surface area contributed by atoms with Gasteiger partial charge in [0.25, 0.3) is 5.91 Å². The number of halogens is 2. The smallest absolute Gasteiger partial charge is 0.264 e. The van der Waals surface area contributed by atoms with Gasteiger partial charge in [0.1, 0.15) is 0 Å². The molecule has 1 heterocycles. The molecule has 2 unspecified atom stereocenters. The van der Waals surface area contributed by atoms with E-state index < -0.39 is 17.4 Å². The van der Waals surface area contributed by atoms with Crippen LogP contribution < -0.4 is 4.90 Å². The van der Waals surface area contributed by atoms with Crippen molar-refractivity contribution < 1.29 is 14.7 Å². The van der Waals surface area contributed by atoms with Crippen LogP contribution in [0.2, 0.25) is 5.02 Å². The van der Waals surface area contributed by atoms with E-state index in [-0.39, 0.29) is 5.78 Å². The Morgan fingerprint density at radius 1 is 1.28 bits per heavy atom. The number of hydrogen-bond acceptors (Lipinski definition) is 3. The third-order valence-corrected chi connectivity index (χ3v) is 5.44. The molecule has 25 heavy (non-hydrogen) atoms. The van der Waals surface area contributed by atoms with Crippen molar-refractivity contribution in [2.75, 3.05) is 11.4 Å². The summed E-state index contributed by atoms with van der Waals surface area (Å²) in [6.07, 6.45) is 0. The zero-order valence-electron chi connectivity index (χ0n) is 13.8. The summed E-state index contributed by atoms with van der Waals surface area (Å²) in [6.45, 7) is 3.83. The Hall–Kier alpha value is -1.69. The molecule has 2 aromatic rings. The summed E-state index contributed by atoms with van der Waals surface area (Å²) in [7, 11) is 0. The highest BCUT2D eigenvalue weighted by molar-refractivity contribution is 9.10. The summed E-state index contributed by atoms with van der Waals surface area (Å²) < 4.78 is 0.738. The van der Waals surface area contributed by atoms with E-state index in [4.69, 9.17) is 11.6 Å². The third-order valence-electron chi connectivity index (χ3n) is 4.70. The Morgan fingerprint density at radius 3 is 2.52 bits per heavy atom. The van der Waals surface area contributed by atoms with Gasteiger partial charge in [-0.25, -0.2) is 0 Å². The number of rotatable bonds is 4. The highest BCUT2D eigenvalue weighted by atomic mass is 79.9. The summed E-state index contributed by atoms with van der Waals surface area (Å²) in [5.74, 6) is -1.72. The number of nitrogens with zero attached hydrogens (tertiary/aromatic N) is 1. The molecule has 2 aromatic carbocycles. The summed E-state index contributed by atoms with van der Waals surface area (Å²) in [5, 5.41) is 11.9. The number of amides is 1. The van der Waals surface area contributed by atoms with Gasteiger partial charge in [-0.05, 0) is 49.4 Å². The van der Waals surface area contributed by atoms with Crippen LogP contribution in [0.3, 0.4) is 0 Å². The van der Waals surface area contributed by atoms with Gasteiger partial charge < -0.3 is 10.0 Å². The van der Waals surface area contributed by atoms with Crippen molar-refractivity contribution in [3.63, 3.8) is 0 Å². The average molecular weight is 423 g/mol. The Labute approximate surface area is 159 Å². The molecule has 1 N–H and O–H groups in total. The van der Waals surface area contributed by atoms with Crippen LogP contribution in [0.15, 0.2) is 46.9 Å². The van der Waals surface area contributed by atoms with Crippen LogP contribution in [0.1, 0.15) is 29.8 Å². The lowest BCUT2D eigenvalue weighted by Gasteiger charge is -2.28. The van der Waals surface area contributed by atoms with E-state index in [2.05, 4.69) is 15.9 Å². The number of aliphatic hydroxyl groups is 1. The maximum absolute atomic E-state index is 12.9. The van der Waals surface area contributed by atoms with E-state index in [1.807, 2.05) is 13.0 Å². The van der Waals surface area contributed by atoms with Crippen LogP contribution in [0, 0.1) is 5.92 Å². The Morgan fingerprint density at radius 2 is 1.92 bits per heavy atom. The number of likely N-dealkylation sites (N-methyl/N-ethyl adjacent to an activating group) is 1. The topological polar surface area (TPSA) is 57.6 Å². The molecule has 0 bridgehead atoms. The zero-order valence-corrected chi connectivity index (χ0v) is 16.1. The molecule has 130 valence electrons. The lowest BCUT2D eigenvalue weighted by Crippen LogP contribution is -2.47. The fourth-order valence-corrected chi connectivity index (χ4v) is 3.75. The van der Waals surface area contributed by atoms with Gasteiger partial charge in [0, 0.05) is 27.2 Å². The van der Waals surface area contributed by atoms with E-state index in [1.54, 1.807) is 43.3 Å². The molecular weight excluding hydrogens is 406 g/mol. The van der Waals surface area contributed by atoms with Crippen LogP contribution >= 0.6 is 27.5 Å². The number of benzene rings is 2. The molecule has 0 spiro atoms. The number of Topliss-reactive ketones (excluding diaryl/α,β-unsaturated/α-hetero) is 1. The van der Waals surface area contributed by atoms with Crippen LogP contribution in [-0.2, 0) is 10.4 Å². The van der Waals surface area contributed by atoms with Crippen molar-refractivity contribution in [1.82, 2.24) is 0 Å². The number of carbonyl (C=O) groups excluding carboxylic acids is 2. The maximum atomic E-state index is 12.9. The summed E-state index contributed by atoms with van der Waals surface area (Å²) in [4.78, 5) is 27.4. The lowest BCUT2D eigenvalue weighted by atomic mass is 9.79. The maximum Gasteiger partial charge on any atom is 0.264 e. The summed E-state index contributed by atoms with van der Waals surface area (Å²) >= 11 is 9.25. The first-order valence-corrected chi connectivity index (χ1v) is 9.12. The van der Waals surface area contributed by atoms with Crippen molar-refractivity contribution in [2.24, 2.45) is 5.92 Å². The largest absolute Gasteiger partial charge is 0.375 e. The fraction of sp³-hybridized carbons (Fsp3) is 0.263. The minimum atomic E-state index is -1.90. The van der Waals surface area contributed by atoms with Gasteiger partial charge in [0.05, 0.1) is 11.6 Å². The van der Waals surface area contributed by atoms with Crippen LogP contribution in [0.4, 0.5) is 5.69 Å². The van der Waals surface area contributed by atoms with Gasteiger partial charge >= 0.3 is 0 Å². The highest BCUT2D eigenvalue weighted by Crippen LogP contribution is 2.46. The zero-order chi connectivity index (χ0) is 18.4. The molecule has 4 nitrogen and oxygen atoms in total. The average Bonchev–Trinajstić information content (AvgIpc) is 2.82. The van der Waals surface area contributed by atoms with E-state index in [9.17, 15) is 14.7 Å². The molecule has 1 aliphatic heterocycles. The van der Waals surface area contributed by atoms with E-state index in [1.165, 1.54) is 4.90 Å². The number of anilines is 1. The van der Waals surface area contributed by atoms with E-state index in [0.717, 1.165) is 4.47 Å². The molecule has 0 radical (unpaired) electrons. The molecule has 1 aliphatic rings. The van der Waals surface area contributed by atoms with Crippen molar-refractivity contribution in [3.8, 4) is 0 Å². The normalized spacial score (nSPS) is 20.5. The first-order valence-electron chi connectivity index (χ1n) is 7.94. The standard InChI is InChI=1S/C19H17BrClNO3/c1-3-22-16-9-6-13(20)10-15(16)19(25,18(22)24)11(2)17(23)12-4-7-14(21)8-5-12/h4-11,25H,3H2,1-2H3. The second kappa shape index (κ2) is 6.56. The molecule has 0 aromatic heterocycles. The number of fused-ring (bicyclic) bond motifs is 1. The molecule has 3 rings (SSSR count). The number of hydrogen-bond donors (Lipinski definition) is 1. The fourth-order valence-electron chi connectivity index (χ4n) is 3.27. The van der Waals surface area contributed by atoms with Crippen molar-refractivity contribution in [1.29, 1.82) is 0 Å². The Bertz CT molecular complexity index is 852. The second-order valence-electron chi connectivity index (χ2n) is 6.07. The molecule has 6 heteroatoms. The predicted molar refractivity (Wildman–Crippen MR) is 101 cm³/mol. The molecule has 0 saturated carbocycles. The molecule has 0 fully saturated rings. The number of ketones is 1. The quantitative estimate of drug-likeness (QED) is 0.752. The summed E-state index contributed by atoms with van der Waals surface area (Å²) in [5.41, 5.74) is -0.409. The SMILES string of the molecule is CCN1C(=O)C(O)(C(C)C(=O)c2ccc(Cl)cc2)c2cc(Br)ccc21. The lowest BCUT2D eigenvalue weighted by molar-refractivity contribution is -0.139. The first-order chi connectivity index (χ1) is 11.8. The minimum absolute atomic E-state index is 0.309. The van der Waals surface area contributed by atoms with Gasteiger partial charge in [-0.15, -0.1) is 0 Å². The van der Waals surface area contributed by atoms with Crippen molar-refractivity contribution in [3.05, 3.63) is 63.1 Å². The minimum Gasteiger partial charge on any atom is -0.375 e. The van der Waals surface area contributed by atoms with Crippen LogP contribution in [-0.4, -0.2) is 23.3 Å². The van der Waals surface area contributed by atoms with Crippen LogP contribution in [0.5, 0.6) is 0 Å². The molecule has 1 amide bonds. The molecule has 0 saturated heterocycles. The van der Waals surface area contributed by atoms with Gasteiger partial charge in [-0.2, -0.15) is 0 Å². The van der Waals surface area contributed by atoms with Gasteiger partial charge in [0.2, 0.25) is 0 Å². The molecule has 0 aliphatic carbocycles. The number of carbonyl (C=O) groups is 2. The Kier molecular flexibility index (Phi) is 4.75. The monoisotopic (exact) mass is 421 g/mol. The van der Waals surface area contributed by atoms with Crippen molar-refractivity contribution >= 4 is 44.9 Å². The molecule has 2 atom stereocenters.